The molecule has 0 fully saturated rings. The Morgan fingerprint density at radius 1 is 1.09 bits per heavy atom. The van der Waals surface area contributed by atoms with Gasteiger partial charge < -0.3 is 10.2 Å². The molecule has 0 aliphatic carbocycles. The highest BCUT2D eigenvalue weighted by molar-refractivity contribution is 9.10. The average Bonchev–Trinajstić information content (AvgIpc) is 2.73. The summed E-state index contributed by atoms with van der Waals surface area (Å²) in [5.41, 5.74) is 0.519. The predicted octanol–water partition coefficient (Wildman–Crippen LogP) is 3.54. The standard InChI is InChI=1S/C23H29BrFN3O4S/c1-16(2)13-26-23(30)17(3)27(14-18-8-5-6-11-21(18)25)22(29)15-28(33(4,31)32)20-10-7-9-19(24)12-20/h5-12,16-17H,13-15H2,1-4H3,(H,26,30)/t17-/m0/s1. The highest BCUT2D eigenvalue weighted by Gasteiger charge is 2.30. The fraction of sp³-hybridized carbons (Fsp3) is 0.391. The molecule has 7 nitrogen and oxygen atoms in total. The third-order valence-electron chi connectivity index (χ3n) is 4.93. The van der Waals surface area contributed by atoms with Gasteiger partial charge in [-0.15, -0.1) is 0 Å². The number of amides is 2. The first-order valence-electron chi connectivity index (χ1n) is 10.4. The second-order valence-corrected chi connectivity index (χ2v) is 11.0. The van der Waals surface area contributed by atoms with Crippen LogP contribution >= 0.6 is 15.9 Å². The van der Waals surface area contributed by atoms with Gasteiger partial charge in [0.1, 0.15) is 18.4 Å². The largest absolute Gasteiger partial charge is 0.354 e. The van der Waals surface area contributed by atoms with Gasteiger partial charge in [0.25, 0.3) is 0 Å². The molecule has 0 aliphatic heterocycles. The molecule has 0 bridgehead atoms. The zero-order valence-electron chi connectivity index (χ0n) is 19.1. The maximum atomic E-state index is 14.3. The van der Waals surface area contributed by atoms with Gasteiger partial charge in [-0.25, -0.2) is 12.8 Å². The number of hydrogen-bond acceptors (Lipinski definition) is 4. The van der Waals surface area contributed by atoms with E-state index in [0.717, 1.165) is 10.6 Å². The van der Waals surface area contributed by atoms with E-state index in [9.17, 15) is 22.4 Å². The number of anilines is 1. The van der Waals surface area contributed by atoms with Crippen molar-refractivity contribution < 1.29 is 22.4 Å². The summed E-state index contributed by atoms with van der Waals surface area (Å²) in [7, 11) is -3.82. The van der Waals surface area contributed by atoms with Crippen LogP contribution < -0.4 is 9.62 Å². The van der Waals surface area contributed by atoms with Gasteiger partial charge in [-0.05, 0) is 37.1 Å². The molecule has 33 heavy (non-hydrogen) atoms. The van der Waals surface area contributed by atoms with Gasteiger partial charge in [0.05, 0.1) is 11.9 Å². The zero-order valence-corrected chi connectivity index (χ0v) is 21.5. The Labute approximate surface area is 203 Å². The summed E-state index contributed by atoms with van der Waals surface area (Å²) in [6.45, 7) is 5.12. The summed E-state index contributed by atoms with van der Waals surface area (Å²) < 4.78 is 40.9. The summed E-state index contributed by atoms with van der Waals surface area (Å²) in [4.78, 5) is 27.3. The SMILES string of the molecule is CC(C)CNC(=O)[C@H](C)N(Cc1ccccc1F)C(=O)CN(c1cccc(Br)c1)S(C)(=O)=O. The molecule has 0 unspecified atom stereocenters. The quantitative estimate of drug-likeness (QED) is 0.498. The topological polar surface area (TPSA) is 86.8 Å². The second kappa shape index (κ2) is 11.6. The summed E-state index contributed by atoms with van der Waals surface area (Å²) in [5.74, 6) is -1.34. The van der Waals surface area contributed by atoms with Gasteiger partial charge in [-0.3, -0.25) is 13.9 Å². The van der Waals surface area contributed by atoms with Crippen molar-refractivity contribution in [3.63, 3.8) is 0 Å². The molecule has 0 radical (unpaired) electrons. The molecular weight excluding hydrogens is 513 g/mol. The van der Waals surface area contributed by atoms with E-state index in [2.05, 4.69) is 21.2 Å². The van der Waals surface area contributed by atoms with Crippen LogP contribution in [-0.2, 0) is 26.2 Å². The molecule has 180 valence electrons. The van der Waals surface area contributed by atoms with E-state index in [1.165, 1.54) is 30.0 Å². The molecule has 0 spiro atoms. The number of nitrogens with zero attached hydrogens (tertiary/aromatic N) is 2. The molecule has 1 atom stereocenters. The molecule has 0 aliphatic rings. The van der Waals surface area contributed by atoms with Crippen molar-refractivity contribution in [2.75, 3.05) is 23.7 Å². The van der Waals surface area contributed by atoms with E-state index >= 15 is 0 Å². The van der Waals surface area contributed by atoms with Crippen LogP contribution in [0.2, 0.25) is 0 Å². The maximum Gasteiger partial charge on any atom is 0.244 e. The number of sulfonamides is 1. The van der Waals surface area contributed by atoms with Gasteiger partial charge in [0.2, 0.25) is 21.8 Å². The van der Waals surface area contributed by atoms with E-state index in [1.807, 2.05) is 13.8 Å². The van der Waals surface area contributed by atoms with Gasteiger partial charge in [0, 0.05) is 23.1 Å². The smallest absolute Gasteiger partial charge is 0.244 e. The highest BCUT2D eigenvalue weighted by Crippen LogP contribution is 2.23. The minimum absolute atomic E-state index is 0.183. The van der Waals surface area contributed by atoms with E-state index in [1.54, 1.807) is 30.3 Å². The minimum atomic E-state index is -3.82. The van der Waals surface area contributed by atoms with Crippen molar-refractivity contribution in [3.8, 4) is 0 Å². The average molecular weight is 542 g/mol. The van der Waals surface area contributed by atoms with Gasteiger partial charge in [0.15, 0.2) is 0 Å². The van der Waals surface area contributed by atoms with Gasteiger partial charge >= 0.3 is 0 Å². The first-order chi connectivity index (χ1) is 15.4. The molecule has 0 saturated heterocycles. The van der Waals surface area contributed by atoms with Crippen LogP contribution in [0.15, 0.2) is 53.0 Å². The van der Waals surface area contributed by atoms with Crippen molar-refractivity contribution in [1.82, 2.24) is 10.2 Å². The lowest BCUT2D eigenvalue weighted by molar-refractivity contribution is -0.139. The third-order valence-corrected chi connectivity index (χ3v) is 6.56. The van der Waals surface area contributed by atoms with E-state index in [4.69, 9.17) is 0 Å². The van der Waals surface area contributed by atoms with Crippen molar-refractivity contribution in [3.05, 3.63) is 64.4 Å². The highest BCUT2D eigenvalue weighted by atomic mass is 79.9. The van der Waals surface area contributed by atoms with E-state index in [-0.39, 0.29) is 18.0 Å². The van der Waals surface area contributed by atoms with E-state index < -0.39 is 40.2 Å². The Balaban J connectivity index is 2.38. The summed E-state index contributed by atoms with van der Waals surface area (Å²) in [6, 6.07) is 11.5. The first kappa shape index (κ1) is 26.8. The van der Waals surface area contributed by atoms with Crippen molar-refractivity contribution >= 4 is 43.5 Å². The van der Waals surface area contributed by atoms with Crippen LogP contribution in [0, 0.1) is 11.7 Å². The summed E-state index contributed by atoms with van der Waals surface area (Å²) >= 11 is 3.30. The van der Waals surface area contributed by atoms with Crippen molar-refractivity contribution in [2.24, 2.45) is 5.92 Å². The first-order valence-corrected chi connectivity index (χ1v) is 13.1. The Morgan fingerprint density at radius 2 is 1.76 bits per heavy atom. The Bertz CT molecular complexity index is 1090. The molecular formula is C23H29BrFN3O4S. The number of carbonyl (C=O) groups excluding carboxylic acids is 2. The molecule has 2 aromatic carbocycles. The Kier molecular flexibility index (Phi) is 9.42. The number of halogens is 2. The molecule has 0 heterocycles. The van der Waals surface area contributed by atoms with Crippen LogP contribution in [0.3, 0.4) is 0 Å². The number of rotatable bonds is 10. The Hall–Kier alpha value is -2.46. The number of carbonyl (C=O) groups is 2. The molecule has 2 amide bonds. The molecule has 2 aromatic rings. The number of benzene rings is 2. The van der Waals surface area contributed by atoms with Crippen LogP contribution in [0.4, 0.5) is 10.1 Å². The van der Waals surface area contributed by atoms with Crippen LogP contribution in [-0.4, -0.2) is 50.5 Å². The minimum Gasteiger partial charge on any atom is -0.354 e. The normalized spacial score (nSPS) is 12.3. The number of hydrogen-bond donors (Lipinski definition) is 1. The van der Waals surface area contributed by atoms with Crippen LogP contribution in [0.1, 0.15) is 26.3 Å². The molecule has 2 rings (SSSR count). The van der Waals surface area contributed by atoms with Gasteiger partial charge in [-0.1, -0.05) is 54.0 Å². The lowest BCUT2D eigenvalue weighted by Gasteiger charge is -2.31. The van der Waals surface area contributed by atoms with Crippen molar-refractivity contribution in [2.45, 2.75) is 33.4 Å². The van der Waals surface area contributed by atoms with Crippen molar-refractivity contribution in [1.29, 1.82) is 0 Å². The summed E-state index contributed by atoms with van der Waals surface area (Å²) in [5, 5.41) is 2.78. The summed E-state index contributed by atoms with van der Waals surface area (Å²) in [6.07, 6.45) is 1.00. The lowest BCUT2D eigenvalue weighted by atomic mass is 10.1. The fourth-order valence-corrected chi connectivity index (χ4v) is 4.32. The monoisotopic (exact) mass is 541 g/mol. The maximum absolute atomic E-state index is 14.3. The zero-order chi connectivity index (χ0) is 24.8. The fourth-order valence-electron chi connectivity index (χ4n) is 3.09. The van der Waals surface area contributed by atoms with Crippen LogP contribution in [0.5, 0.6) is 0 Å². The predicted molar refractivity (Wildman–Crippen MR) is 131 cm³/mol. The molecule has 0 saturated carbocycles. The third kappa shape index (κ3) is 7.82. The molecule has 1 N–H and O–H groups in total. The molecule has 0 aromatic heterocycles. The molecule has 10 heteroatoms. The van der Waals surface area contributed by atoms with Gasteiger partial charge in [-0.2, -0.15) is 0 Å². The second-order valence-electron chi connectivity index (χ2n) is 8.18. The Morgan fingerprint density at radius 3 is 2.33 bits per heavy atom. The van der Waals surface area contributed by atoms with Crippen LogP contribution in [0.25, 0.3) is 0 Å². The number of nitrogens with one attached hydrogen (secondary N) is 1. The van der Waals surface area contributed by atoms with E-state index in [0.29, 0.717) is 16.7 Å². The lowest BCUT2D eigenvalue weighted by Crippen LogP contribution is -2.51.